The number of nitrogens with zero attached hydrogens (tertiary/aromatic N) is 1. The number of rotatable bonds is 1. The molecule has 0 spiro atoms. The molecular weight excluding hydrogens is 181 g/mol. The van der Waals surface area contributed by atoms with Crippen molar-refractivity contribution in [2.24, 2.45) is 0 Å². The lowest BCUT2D eigenvalue weighted by molar-refractivity contribution is 0.0858. The second kappa shape index (κ2) is 2.56. The maximum atomic E-state index is 5.79. The molecule has 4 nitrogen and oxygen atoms in total. The van der Waals surface area contributed by atoms with Crippen molar-refractivity contribution in [2.45, 2.75) is 12.5 Å². The molecule has 3 heterocycles. The molecule has 1 aromatic rings. The van der Waals surface area contributed by atoms with Gasteiger partial charge >= 0.3 is 6.75 Å². The van der Waals surface area contributed by atoms with Crippen molar-refractivity contribution in [3.8, 4) is 0 Å². The standard InChI is InChI=1S/C9H11BNO3/c1-9-6-12-10(14-9,13-7-9)8-4-2-3-5-11-8/h2-5H,6-7H2,1H3/q-1. The third kappa shape index (κ3) is 1.03. The zero-order valence-electron chi connectivity index (χ0n) is 7.97. The first kappa shape index (κ1) is 8.41. The van der Waals surface area contributed by atoms with E-state index >= 15 is 0 Å². The molecule has 2 aliphatic rings. The Balaban J connectivity index is 2.00. The molecule has 2 fully saturated rings. The third-order valence-corrected chi connectivity index (χ3v) is 2.71. The molecule has 1 aromatic heterocycles. The highest BCUT2D eigenvalue weighted by Gasteiger charge is 2.52. The van der Waals surface area contributed by atoms with Gasteiger partial charge in [-0.3, -0.25) is 4.98 Å². The zero-order chi connectivity index (χ0) is 9.65. The zero-order valence-corrected chi connectivity index (χ0v) is 7.97. The summed E-state index contributed by atoms with van der Waals surface area (Å²) in [6, 6.07) is 5.64. The summed E-state index contributed by atoms with van der Waals surface area (Å²) in [5.41, 5.74) is 0.464. The lowest BCUT2D eigenvalue weighted by Crippen LogP contribution is -2.52. The van der Waals surface area contributed by atoms with Crippen molar-refractivity contribution >= 4 is 12.3 Å². The van der Waals surface area contributed by atoms with Crippen LogP contribution < -0.4 is 5.59 Å². The summed E-state index contributed by atoms with van der Waals surface area (Å²) in [5.74, 6) is 0. The molecule has 2 bridgehead atoms. The summed E-state index contributed by atoms with van der Waals surface area (Å²) in [5, 5.41) is 0. The molecule has 74 valence electrons. The first-order chi connectivity index (χ1) is 6.73. The molecule has 2 saturated heterocycles. The van der Waals surface area contributed by atoms with Gasteiger partial charge in [0.25, 0.3) is 0 Å². The molecule has 5 heteroatoms. The molecule has 0 atom stereocenters. The smallest absolute Gasteiger partial charge is 0.428 e. The van der Waals surface area contributed by atoms with E-state index < -0.39 is 6.75 Å². The van der Waals surface area contributed by atoms with Crippen molar-refractivity contribution in [3.05, 3.63) is 24.4 Å². The molecule has 0 amide bonds. The normalized spacial score (nSPS) is 40.4. The number of pyridine rings is 1. The van der Waals surface area contributed by atoms with Crippen LogP contribution in [-0.2, 0) is 14.0 Å². The van der Waals surface area contributed by atoms with E-state index in [0.29, 0.717) is 13.2 Å². The van der Waals surface area contributed by atoms with Crippen LogP contribution in [0.3, 0.4) is 0 Å². The Kier molecular flexibility index (Phi) is 1.54. The molecule has 0 radical (unpaired) electrons. The van der Waals surface area contributed by atoms with Crippen LogP contribution in [0, 0.1) is 0 Å². The number of fused-ring (bicyclic) bond motifs is 2. The second-order valence-electron chi connectivity index (χ2n) is 4.09. The van der Waals surface area contributed by atoms with E-state index in [2.05, 4.69) is 4.98 Å². The molecular formula is C9H11BNO3-. The number of hydrogen-bond acceptors (Lipinski definition) is 4. The van der Waals surface area contributed by atoms with E-state index in [1.807, 2.05) is 25.1 Å². The van der Waals surface area contributed by atoms with E-state index in [1.54, 1.807) is 6.20 Å². The minimum Gasteiger partial charge on any atom is -0.538 e. The van der Waals surface area contributed by atoms with Crippen LogP contribution >= 0.6 is 0 Å². The fourth-order valence-corrected chi connectivity index (χ4v) is 1.99. The van der Waals surface area contributed by atoms with Gasteiger partial charge in [-0.1, -0.05) is 12.1 Å². The Morgan fingerprint density at radius 1 is 1.36 bits per heavy atom. The minimum absolute atomic E-state index is 0.280. The molecule has 0 aliphatic carbocycles. The highest BCUT2D eigenvalue weighted by molar-refractivity contribution is 6.75. The van der Waals surface area contributed by atoms with Crippen LogP contribution in [0.4, 0.5) is 0 Å². The van der Waals surface area contributed by atoms with E-state index in [-0.39, 0.29) is 5.60 Å². The van der Waals surface area contributed by atoms with Crippen LogP contribution in [0.25, 0.3) is 0 Å². The van der Waals surface area contributed by atoms with Gasteiger partial charge in [-0.2, -0.15) is 0 Å². The van der Waals surface area contributed by atoms with Crippen LogP contribution in [0.2, 0.25) is 0 Å². The minimum atomic E-state index is -1.74. The Morgan fingerprint density at radius 3 is 2.64 bits per heavy atom. The quantitative estimate of drug-likeness (QED) is 0.590. The topological polar surface area (TPSA) is 40.6 Å². The lowest BCUT2D eigenvalue weighted by atomic mass is 9.74. The van der Waals surface area contributed by atoms with Crippen LogP contribution in [-0.4, -0.2) is 30.6 Å². The summed E-state index contributed by atoms with van der Waals surface area (Å²) in [6.45, 7) is 1.42. The highest BCUT2D eigenvalue weighted by atomic mass is 16.8. The third-order valence-electron chi connectivity index (χ3n) is 2.71. The maximum absolute atomic E-state index is 5.79. The van der Waals surface area contributed by atoms with E-state index in [9.17, 15) is 0 Å². The summed E-state index contributed by atoms with van der Waals surface area (Å²) in [4.78, 5) is 4.21. The van der Waals surface area contributed by atoms with Crippen molar-refractivity contribution in [1.29, 1.82) is 0 Å². The van der Waals surface area contributed by atoms with E-state index in [4.69, 9.17) is 14.0 Å². The molecule has 0 aromatic carbocycles. The summed E-state index contributed by atoms with van der Waals surface area (Å²) in [6.07, 6.45) is 1.72. The first-order valence-electron chi connectivity index (χ1n) is 4.75. The van der Waals surface area contributed by atoms with Crippen molar-refractivity contribution in [2.75, 3.05) is 13.2 Å². The monoisotopic (exact) mass is 192 g/mol. The van der Waals surface area contributed by atoms with Gasteiger partial charge in [0.1, 0.15) is 0 Å². The lowest BCUT2D eigenvalue weighted by Gasteiger charge is -2.31. The number of aromatic nitrogens is 1. The van der Waals surface area contributed by atoms with Gasteiger partial charge in [0.2, 0.25) is 0 Å². The fraction of sp³-hybridized carbons (Fsp3) is 0.444. The SMILES string of the molecule is CC12CO[B-](c3ccccn3)(OC1)O2. The van der Waals surface area contributed by atoms with Crippen molar-refractivity contribution < 1.29 is 14.0 Å². The van der Waals surface area contributed by atoms with Gasteiger partial charge < -0.3 is 14.0 Å². The van der Waals surface area contributed by atoms with Gasteiger partial charge in [0.05, 0.1) is 5.60 Å². The van der Waals surface area contributed by atoms with E-state index in [1.165, 1.54) is 0 Å². The van der Waals surface area contributed by atoms with Gasteiger partial charge in [-0.25, -0.2) is 0 Å². The largest absolute Gasteiger partial charge is 0.538 e. The first-order valence-corrected chi connectivity index (χ1v) is 4.75. The molecule has 3 rings (SSSR count). The highest BCUT2D eigenvalue weighted by Crippen LogP contribution is 2.35. The Hall–Kier alpha value is -0.905. The second-order valence-corrected chi connectivity index (χ2v) is 4.09. The average Bonchev–Trinajstić information content (AvgIpc) is 2.74. The summed E-state index contributed by atoms with van der Waals surface area (Å²) < 4.78 is 17.0. The van der Waals surface area contributed by atoms with Gasteiger partial charge in [0, 0.05) is 19.4 Å². The fourth-order valence-electron chi connectivity index (χ4n) is 1.99. The molecule has 14 heavy (non-hydrogen) atoms. The maximum Gasteiger partial charge on any atom is 0.428 e. The Bertz CT molecular complexity index is 348. The predicted octanol–water partition coefficient (Wildman–Crippen LogP) is 0.0632. The predicted molar refractivity (Wildman–Crippen MR) is 51.0 cm³/mol. The van der Waals surface area contributed by atoms with E-state index in [0.717, 1.165) is 5.59 Å². The number of hydrogen-bond donors (Lipinski definition) is 0. The molecule has 0 N–H and O–H groups in total. The van der Waals surface area contributed by atoms with Crippen LogP contribution in [0.15, 0.2) is 24.4 Å². The summed E-state index contributed by atoms with van der Waals surface area (Å²) in [7, 11) is 0. The Morgan fingerprint density at radius 2 is 2.14 bits per heavy atom. The van der Waals surface area contributed by atoms with Crippen molar-refractivity contribution in [3.63, 3.8) is 0 Å². The van der Waals surface area contributed by atoms with Crippen LogP contribution in [0.5, 0.6) is 0 Å². The van der Waals surface area contributed by atoms with Gasteiger partial charge in [0.15, 0.2) is 0 Å². The van der Waals surface area contributed by atoms with Gasteiger partial charge in [-0.05, 0) is 18.6 Å². The Labute approximate surface area is 82.2 Å². The van der Waals surface area contributed by atoms with Crippen LogP contribution in [0.1, 0.15) is 6.92 Å². The molecule has 2 aliphatic heterocycles. The molecule has 0 saturated carbocycles. The molecule has 0 unspecified atom stereocenters. The average molecular weight is 192 g/mol. The van der Waals surface area contributed by atoms with Crippen molar-refractivity contribution in [1.82, 2.24) is 4.98 Å². The van der Waals surface area contributed by atoms with Gasteiger partial charge in [-0.15, -0.1) is 0 Å². The summed E-state index contributed by atoms with van der Waals surface area (Å²) >= 11 is 0.